The van der Waals surface area contributed by atoms with Crippen molar-refractivity contribution in [3.63, 3.8) is 0 Å². The Morgan fingerprint density at radius 2 is 1.91 bits per heavy atom. The number of halogens is 1. The van der Waals surface area contributed by atoms with Crippen molar-refractivity contribution in [3.8, 4) is 0 Å². The third-order valence-electron chi connectivity index (χ3n) is 3.52. The Labute approximate surface area is 136 Å². The summed E-state index contributed by atoms with van der Waals surface area (Å²) in [7, 11) is 0. The third-order valence-corrected chi connectivity index (χ3v) is 3.52. The number of amides is 1. The number of nitrogens with zero attached hydrogens (tertiary/aromatic N) is 1. The van der Waals surface area contributed by atoms with E-state index in [4.69, 9.17) is 0 Å². The van der Waals surface area contributed by atoms with Gasteiger partial charge in [0.05, 0.1) is 0 Å². The van der Waals surface area contributed by atoms with Crippen LogP contribution >= 0.6 is 12.4 Å². The molecule has 1 aromatic carbocycles. The van der Waals surface area contributed by atoms with Gasteiger partial charge in [0.1, 0.15) is 0 Å². The van der Waals surface area contributed by atoms with E-state index in [1.165, 1.54) is 0 Å². The largest absolute Gasteiger partial charge is 0.326 e. The Kier molecular flexibility index (Phi) is 5.92. The average Bonchev–Trinajstić information content (AvgIpc) is 3.33. The van der Waals surface area contributed by atoms with E-state index in [-0.39, 0.29) is 24.2 Å². The summed E-state index contributed by atoms with van der Waals surface area (Å²) in [5, 5.41) is 6.36. The normalized spacial score (nSPS) is 13.3. The summed E-state index contributed by atoms with van der Waals surface area (Å²) < 4.78 is 0. The Hall–Kier alpha value is -1.91. The zero-order valence-corrected chi connectivity index (χ0v) is 13.1. The fraction of sp³-hybridized carbons (Fsp3) is 0.294. The van der Waals surface area contributed by atoms with Gasteiger partial charge in [0, 0.05) is 37.1 Å². The van der Waals surface area contributed by atoms with Crippen molar-refractivity contribution in [3.05, 3.63) is 59.9 Å². The first-order valence-electron chi connectivity index (χ1n) is 7.31. The number of anilines is 1. The number of aromatic nitrogens is 1. The molecule has 0 aliphatic heterocycles. The summed E-state index contributed by atoms with van der Waals surface area (Å²) in [6.45, 7) is 1.55. The lowest BCUT2D eigenvalue weighted by atomic mass is 10.2. The van der Waals surface area contributed by atoms with Gasteiger partial charge in [-0.15, -0.1) is 12.4 Å². The molecule has 1 aromatic heterocycles. The molecular weight excluding hydrogens is 298 g/mol. The molecule has 0 bridgehead atoms. The quantitative estimate of drug-likeness (QED) is 0.860. The summed E-state index contributed by atoms with van der Waals surface area (Å²) >= 11 is 0. The average molecular weight is 318 g/mol. The Morgan fingerprint density at radius 3 is 2.64 bits per heavy atom. The molecule has 1 amide bonds. The second kappa shape index (κ2) is 7.92. The first kappa shape index (κ1) is 16.5. The Balaban J connectivity index is 0.00000176. The lowest BCUT2D eigenvalue weighted by Crippen LogP contribution is -2.15. The van der Waals surface area contributed by atoms with E-state index in [1.54, 1.807) is 6.20 Å². The van der Waals surface area contributed by atoms with Crippen molar-refractivity contribution in [2.75, 3.05) is 5.32 Å². The van der Waals surface area contributed by atoms with Crippen molar-refractivity contribution in [2.45, 2.75) is 25.9 Å². The molecule has 116 valence electrons. The zero-order chi connectivity index (χ0) is 14.5. The predicted molar refractivity (Wildman–Crippen MR) is 89.8 cm³/mol. The van der Waals surface area contributed by atoms with E-state index in [2.05, 4.69) is 21.7 Å². The molecule has 2 N–H and O–H groups in total. The maximum Gasteiger partial charge on any atom is 0.227 e. The molecule has 5 heteroatoms. The molecule has 1 saturated carbocycles. The van der Waals surface area contributed by atoms with E-state index in [0.29, 0.717) is 0 Å². The predicted octanol–water partition coefficient (Wildman–Crippen LogP) is 3.14. The highest BCUT2D eigenvalue weighted by Crippen LogP contribution is 2.30. The minimum Gasteiger partial charge on any atom is -0.326 e. The molecule has 0 spiro atoms. The molecule has 1 aliphatic carbocycles. The number of carbonyl (C=O) groups excluding carboxylic acids is 1. The lowest BCUT2D eigenvalue weighted by molar-refractivity contribution is -0.117. The summed E-state index contributed by atoms with van der Waals surface area (Å²) in [5.41, 5.74) is 3.20. The van der Waals surface area contributed by atoms with Gasteiger partial charge < -0.3 is 10.6 Å². The number of carbonyl (C=O) groups is 1. The van der Waals surface area contributed by atoms with Gasteiger partial charge in [-0.2, -0.15) is 0 Å². The molecule has 0 unspecified atom stereocenters. The van der Waals surface area contributed by atoms with Crippen LogP contribution in [-0.4, -0.2) is 10.9 Å². The van der Waals surface area contributed by atoms with Crippen LogP contribution in [0.5, 0.6) is 0 Å². The van der Waals surface area contributed by atoms with Crippen LogP contribution in [0.2, 0.25) is 0 Å². The second-order valence-electron chi connectivity index (χ2n) is 5.43. The Bertz CT molecular complexity index is 614. The molecule has 0 atom stereocenters. The van der Waals surface area contributed by atoms with E-state index >= 15 is 0 Å². The number of pyridine rings is 1. The lowest BCUT2D eigenvalue weighted by Gasteiger charge is -2.08. The highest BCUT2D eigenvalue weighted by molar-refractivity contribution is 5.94. The molecule has 1 heterocycles. The molecule has 1 fully saturated rings. The minimum absolute atomic E-state index is 0. The van der Waals surface area contributed by atoms with Gasteiger partial charge in [-0.25, -0.2) is 0 Å². The highest BCUT2D eigenvalue weighted by atomic mass is 35.5. The summed E-state index contributed by atoms with van der Waals surface area (Å²) in [4.78, 5) is 15.8. The number of rotatable bonds is 6. The highest BCUT2D eigenvalue weighted by Gasteiger charge is 2.29. The molecule has 1 aliphatic rings. The monoisotopic (exact) mass is 317 g/mol. The van der Waals surface area contributed by atoms with Crippen LogP contribution in [-0.2, 0) is 17.9 Å². The fourth-order valence-electron chi connectivity index (χ4n) is 2.20. The van der Waals surface area contributed by atoms with Crippen LogP contribution in [0, 0.1) is 5.92 Å². The van der Waals surface area contributed by atoms with Crippen LogP contribution in [0.25, 0.3) is 0 Å². The number of benzene rings is 1. The van der Waals surface area contributed by atoms with Crippen molar-refractivity contribution in [1.29, 1.82) is 0 Å². The Morgan fingerprint density at radius 1 is 1.14 bits per heavy atom. The molecule has 2 aromatic rings. The van der Waals surface area contributed by atoms with Crippen molar-refractivity contribution in [2.24, 2.45) is 5.92 Å². The number of hydrogen-bond acceptors (Lipinski definition) is 3. The molecule has 4 nitrogen and oxygen atoms in total. The van der Waals surface area contributed by atoms with Crippen LogP contribution in [0.4, 0.5) is 5.69 Å². The first-order valence-corrected chi connectivity index (χ1v) is 7.31. The zero-order valence-electron chi connectivity index (χ0n) is 12.3. The summed E-state index contributed by atoms with van der Waals surface area (Å²) in [5.74, 6) is 0.382. The topological polar surface area (TPSA) is 54.0 Å². The standard InChI is InChI=1S/C17H19N3O.ClH/c21-17(15-6-7-15)20-16-5-1-3-13(9-16)10-19-12-14-4-2-8-18-11-14;/h1-5,8-9,11,15,19H,6-7,10,12H2,(H,20,21);1H. The number of nitrogens with one attached hydrogen (secondary N) is 2. The van der Waals surface area contributed by atoms with Crippen LogP contribution < -0.4 is 10.6 Å². The van der Waals surface area contributed by atoms with Gasteiger partial charge in [-0.3, -0.25) is 9.78 Å². The molecule has 22 heavy (non-hydrogen) atoms. The van der Waals surface area contributed by atoms with Gasteiger partial charge in [0.25, 0.3) is 0 Å². The fourth-order valence-corrected chi connectivity index (χ4v) is 2.20. The van der Waals surface area contributed by atoms with Gasteiger partial charge >= 0.3 is 0 Å². The van der Waals surface area contributed by atoms with Gasteiger partial charge in [0.2, 0.25) is 5.91 Å². The maximum absolute atomic E-state index is 11.8. The van der Waals surface area contributed by atoms with Gasteiger partial charge in [-0.1, -0.05) is 18.2 Å². The van der Waals surface area contributed by atoms with Crippen molar-refractivity contribution >= 4 is 24.0 Å². The molecule has 0 radical (unpaired) electrons. The summed E-state index contributed by atoms with van der Waals surface area (Å²) in [6, 6.07) is 12.0. The molecule has 0 saturated heterocycles. The van der Waals surface area contributed by atoms with Gasteiger partial charge in [0.15, 0.2) is 0 Å². The minimum atomic E-state index is 0. The van der Waals surface area contributed by atoms with E-state index in [1.807, 2.05) is 36.5 Å². The van der Waals surface area contributed by atoms with Crippen LogP contribution in [0.3, 0.4) is 0 Å². The van der Waals surface area contributed by atoms with Crippen LogP contribution in [0.1, 0.15) is 24.0 Å². The number of hydrogen-bond donors (Lipinski definition) is 2. The van der Waals surface area contributed by atoms with Crippen molar-refractivity contribution in [1.82, 2.24) is 10.3 Å². The van der Waals surface area contributed by atoms with E-state index < -0.39 is 0 Å². The van der Waals surface area contributed by atoms with E-state index in [9.17, 15) is 4.79 Å². The maximum atomic E-state index is 11.8. The SMILES string of the molecule is Cl.O=C(Nc1cccc(CNCc2cccnc2)c1)C1CC1. The van der Waals surface area contributed by atoms with Gasteiger partial charge in [-0.05, 0) is 42.2 Å². The molecular formula is C17H20ClN3O. The van der Waals surface area contributed by atoms with Crippen molar-refractivity contribution < 1.29 is 4.79 Å². The molecule has 3 rings (SSSR count). The summed E-state index contributed by atoms with van der Waals surface area (Å²) in [6.07, 6.45) is 5.69. The first-order chi connectivity index (χ1) is 10.3. The van der Waals surface area contributed by atoms with E-state index in [0.717, 1.165) is 42.7 Å². The second-order valence-corrected chi connectivity index (χ2v) is 5.43. The van der Waals surface area contributed by atoms with Crippen LogP contribution in [0.15, 0.2) is 48.8 Å². The smallest absolute Gasteiger partial charge is 0.227 e. The third kappa shape index (κ3) is 4.83.